The maximum absolute atomic E-state index is 12.4. The van der Waals surface area contributed by atoms with E-state index in [0.29, 0.717) is 23.9 Å². The Morgan fingerprint density at radius 2 is 1.92 bits per heavy atom. The molecule has 0 radical (unpaired) electrons. The standard InChI is InChI=1S/C16H16ClN3O4/c17-11-3-1-10(2-4-11)12-9-13(20-19-12)14(21)18-16(15(22)23)5-7-24-8-6-16/h1-4,9H,5-8H2,(H,18,21)(H,19,20)(H,22,23). The van der Waals surface area contributed by atoms with Gasteiger partial charge in [-0.1, -0.05) is 23.7 Å². The predicted molar refractivity (Wildman–Crippen MR) is 86.9 cm³/mol. The number of benzene rings is 1. The van der Waals surface area contributed by atoms with Crippen molar-refractivity contribution in [3.05, 3.63) is 41.0 Å². The molecule has 1 amide bonds. The van der Waals surface area contributed by atoms with Crippen LogP contribution in [0.25, 0.3) is 11.3 Å². The first-order valence-corrected chi connectivity index (χ1v) is 7.83. The molecule has 1 aliphatic rings. The van der Waals surface area contributed by atoms with Gasteiger partial charge >= 0.3 is 5.97 Å². The lowest BCUT2D eigenvalue weighted by atomic mass is 9.90. The summed E-state index contributed by atoms with van der Waals surface area (Å²) < 4.78 is 5.19. The van der Waals surface area contributed by atoms with Crippen LogP contribution in [0.5, 0.6) is 0 Å². The van der Waals surface area contributed by atoms with E-state index in [2.05, 4.69) is 15.5 Å². The lowest BCUT2D eigenvalue weighted by molar-refractivity contribution is -0.148. The second-order valence-corrected chi connectivity index (χ2v) is 6.06. The fourth-order valence-corrected chi connectivity index (χ4v) is 2.73. The number of halogens is 1. The summed E-state index contributed by atoms with van der Waals surface area (Å²) in [5.74, 6) is -1.57. The lowest BCUT2D eigenvalue weighted by Gasteiger charge is -2.33. The van der Waals surface area contributed by atoms with Gasteiger partial charge in [-0.25, -0.2) is 4.79 Å². The number of carbonyl (C=O) groups excluding carboxylic acids is 1. The fraction of sp³-hybridized carbons (Fsp3) is 0.312. The number of H-pyrrole nitrogens is 1. The minimum Gasteiger partial charge on any atom is -0.480 e. The summed E-state index contributed by atoms with van der Waals surface area (Å²) >= 11 is 5.85. The van der Waals surface area contributed by atoms with E-state index in [0.717, 1.165) is 5.56 Å². The molecule has 0 unspecified atom stereocenters. The molecule has 2 heterocycles. The van der Waals surface area contributed by atoms with Crippen molar-refractivity contribution in [2.45, 2.75) is 18.4 Å². The van der Waals surface area contributed by atoms with Gasteiger partial charge in [0.25, 0.3) is 5.91 Å². The van der Waals surface area contributed by atoms with Crippen molar-refractivity contribution in [1.29, 1.82) is 0 Å². The Morgan fingerprint density at radius 1 is 1.25 bits per heavy atom. The summed E-state index contributed by atoms with van der Waals surface area (Å²) in [6.45, 7) is 0.594. The average Bonchev–Trinajstić information content (AvgIpc) is 3.06. The molecule has 7 nitrogen and oxygen atoms in total. The monoisotopic (exact) mass is 349 g/mol. The zero-order valence-corrected chi connectivity index (χ0v) is 13.5. The number of hydrogen-bond donors (Lipinski definition) is 3. The van der Waals surface area contributed by atoms with Gasteiger partial charge in [0.15, 0.2) is 0 Å². The fourth-order valence-electron chi connectivity index (χ4n) is 2.60. The molecule has 0 aliphatic carbocycles. The summed E-state index contributed by atoms with van der Waals surface area (Å²) in [7, 11) is 0. The highest BCUT2D eigenvalue weighted by Gasteiger charge is 2.42. The van der Waals surface area contributed by atoms with Gasteiger partial charge in [-0.3, -0.25) is 9.89 Å². The summed E-state index contributed by atoms with van der Waals surface area (Å²) in [5.41, 5.74) is 0.273. The zero-order chi connectivity index (χ0) is 17.2. The van der Waals surface area contributed by atoms with Crippen LogP contribution >= 0.6 is 11.6 Å². The summed E-state index contributed by atoms with van der Waals surface area (Å²) in [6.07, 6.45) is 0.457. The van der Waals surface area contributed by atoms with Gasteiger partial charge in [0.1, 0.15) is 11.2 Å². The quantitative estimate of drug-likeness (QED) is 0.784. The number of amides is 1. The molecule has 1 fully saturated rings. The lowest BCUT2D eigenvalue weighted by Crippen LogP contribution is -2.57. The van der Waals surface area contributed by atoms with Crippen LogP contribution in [-0.4, -0.2) is 45.9 Å². The van der Waals surface area contributed by atoms with Crippen molar-refractivity contribution in [2.24, 2.45) is 0 Å². The first kappa shape index (κ1) is 16.5. The Morgan fingerprint density at radius 3 is 2.54 bits per heavy atom. The maximum atomic E-state index is 12.4. The molecule has 1 aromatic carbocycles. The number of rotatable bonds is 4. The Balaban J connectivity index is 1.78. The molecule has 1 saturated heterocycles. The molecular formula is C16H16ClN3O4. The van der Waals surface area contributed by atoms with Crippen LogP contribution < -0.4 is 5.32 Å². The van der Waals surface area contributed by atoms with Crippen LogP contribution in [0.3, 0.4) is 0 Å². The van der Waals surface area contributed by atoms with E-state index >= 15 is 0 Å². The topological polar surface area (TPSA) is 104 Å². The van der Waals surface area contributed by atoms with Gasteiger partial charge in [0.05, 0.1) is 5.69 Å². The van der Waals surface area contributed by atoms with Crippen molar-refractivity contribution in [3.63, 3.8) is 0 Å². The highest BCUT2D eigenvalue weighted by atomic mass is 35.5. The van der Waals surface area contributed by atoms with Gasteiger partial charge in [-0.2, -0.15) is 5.10 Å². The summed E-state index contributed by atoms with van der Waals surface area (Å²) in [6, 6.07) is 8.61. The maximum Gasteiger partial charge on any atom is 0.329 e. The van der Waals surface area contributed by atoms with Crippen molar-refractivity contribution >= 4 is 23.5 Å². The molecular weight excluding hydrogens is 334 g/mol. The molecule has 0 bridgehead atoms. The van der Waals surface area contributed by atoms with Gasteiger partial charge in [0.2, 0.25) is 0 Å². The molecule has 0 saturated carbocycles. The summed E-state index contributed by atoms with van der Waals surface area (Å²) in [5, 5.41) is 19.4. The second-order valence-electron chi connectivity index (χ2n) is 5.63. The molecule has 3 N–H and O–H groups in total. The molecule has 3 rings (SSSR count). The van der Waals surface area contributed by atoms with Crippen molar-refractivity contribution in [1.82, 2.24) is 15.5 Å². The SMILES string of the molecule is O=C(NC1(C(=O)O)CCOCC1)c1cc(-c2ccc(Cl)cc2)n[nH]1. The number of aromatic amines is 1. The Hall–Kier alpha value is -2.38. The first-order valence-electron chi connectivity index (χ1n) is 7.45. The Labute approximate surface area is 143 Å². The summed E-state index contributed by atoms with van der Waals surface area (Å²) in [4.78, 5) is 24.0. The Bertz CT molecular complexity index is 751. The third-order valence-electron chi connectivity index (χ3n) is 4.07. The molecule has 126 valence electrons. The second kappa shape index (κ2) is 6.62. The number of ether oxygens (including phenoxy) is 1. The van der Waals surface area contributed by atoms with Crippen LogP contribution in [0.4, 0.5) is 0 Å². The van der Waals surface area contributed by atoms with E-state index in [4.69, 9.17) is 16.3 Å². The van der Waals surface area contributed by atoms with Crippen molar-refractivity contribution in [2.75, 3.05) is 13.2 Å². The number of nitrogens with one attached hydrogen (secondary N) is 2. The predicted octanol–water partition coefficient (Wildman–Crippen LogP) is 2.09. The highest BCUT2D eigenvalue weighted by molar-refractivity contribution is 6.30. The van der Waals surface area contributed by atoms with Gasteiger partial charge in [-0.05, 0) is 18.2 Å². The largest absolute Gasteiger partial charge is 0.480 e. The smallest absolute Gasteiger partial charge is 0.329 e. The van der Waals surface area contributed by atoms with E-state index in [-0.39, 0.29) is 18.5 Å². The van der Waals surface area contributed by atoms with Crippen molar-refractivity contribution in [3.8, 4) is 11.3 Å². The third kappa shape index (κ3) is 3.27. The van der Waals surface area contributed by atoms with E-state index in [1.54, 1.807) is 30.3 Å². The molecule has 0 spiro atoms. The number of carbonyl (C=O) groups is 2. The number of nitrogens with zero attached hydrogens (tertiary/aromatic N) is 1. The molecule has 2 aromatic rings. The minimum absolute atomic E-state index is 0.201. The number of aliphatic carboxylic acids is 1. The molecule has 24 heavy (non-hydrogen) atoms. The van der Waals surface area contributed by atoms with Crippen LogP contribution in [0.1, 0.15) is 23.3 Å². The van der Waals surface area contributed by atoms with Crippen LogP contribution in [0.15, 0.2) is 30.3 Å². The van der Waals surface area contributed by atoms with Crippen molar-refractivity contribution < 1.29 is 19.4 Å². The third-order valence-corrected chi connectivity index (χ3v) is 4.32. The van der Waals surface area contributed by atoms with E-state index in [9.17, 15) is 14.7 Å². The zero-order valence-electron chi connectivity index (χ0n) is 12.7. The van der Waals surface area contributed by atoms with Gasteiger partial charge in [0, 0.05) is 36.6 Å². The van der Waals surface area contributed by atoms with Crippen LogP contribution in [-0.2, 0) is 9.53 Å². The molecule has 8 heteroatoms. The van der Waals surface area contributed by atoms with Crippen LogP contribution in [0.2, 0.25) is 5.02 Å². The minimum atomic E-state index is -1.30. The highest BCUT2D eigenvalue weighted by Crippen LogP contribution is 2.23. The first-order chi connectivity index (χ1) is 11.5. The number of carboxylic acid groups (broad SMARTS) is 1. The van der Waals surface area contributed by atoms with E-state index in [1.807, 2.05) is 0 Å². The molecule has 1 aromatic heterocycles. The molecule has 0 atom stereocenters. The van der Waals surface area contributed by atoms with Crippen LogP contribution in [0, 0.1) is 0 Å². The number of aromatic nitrogens is 2. The number of hydrogen-bond acceptors (Lipinski definition) is 4. The Kier molecular flexibility index (Phi) is 4.55. The molecule has 1 aliphatic heterocycles. The van der Waals surface area contributed by atoms with Gasteiger partial charge < -0.3 is 15.2 Å². The normalized spacial score (nSPS) is 16.5. The van der Waals surface area contributed by atoms with Gasteiger partial charge in [-0.15, -0.1) is 0 Å². The average molecular weight is 350 g/mol. The number of carboxylic acids is 1. The van der Waals surface area contributed by atoms with E-state index < -0.39 is 17.4 Å². The van der Waals surface area contributed by atoms with E-state index in [1.165, 1.54) is 0 Å².